The minimum absolute atomic E-state index is 0.598. The molecular formula is C7H6N2S2. The van der Waals surface area contributed by atoms with Gasteiger partial charge in [0.1, 0.15) is 4.64 Å². The monoisotopic (exact) mass is 182 g/mol. The van der Waals surface area contributed by atoms with Crippen LogP contribution in [0.3, 0.4) is 0 Å². The molecule has 56 valence electrons. The maximum Gasteiger partial charge on any atom is 0.175 e. The Morgan fingerprint density at radius 1 is 1.27 bits per heavy atom. The molecule has 2 N–H and O–H groups in total. The fourth-order valence-electron chi connectivity index (χ4n) is 1.17. The normalized spacial score (nSPS) is 13.5. The molecule has 2 nitrogen and oxygen atoms in total. The summed E-state index contributed by atoms with van der Waals surface area (Å²) < 4.78 is 1.36. The van der Waals surface area contributed by atoms with Crippen LogP contribution in [0.25, 0.3) is 6.08 Å². The standard InChI is InChI=1S/C7H6N2S2/c10-6-4-2-1-3-5(4)8-7(11)9-6/h1,3H,2H2,(H2,8,9,10,11). The highest BCUT2D eigenvalue weighted by Crippen LogP contribution is 2.16. The highest BCUT2D eigenvalue weighted by atomic mass is 32.1. The predicted molar refractivity (Wildman–Crippen MR) is 49.5 cm³/mol. The lowest BCUT2D eigenvalue weighted by Crippen LogP contribution is -1.91. The van der Waals surface area contributed by atoms with E-state index in [-0.39, 0.29) is 0 Å². The van der Waals surface area contributed by atoms with Crippen molar-refractivity contribution >= 4 is 30.5 Å². The van der Waals surface area contributed by atoms with Crippen LogP contribution in [0.2, 0.25) is 0 Å². The van der Waals surface area contributed by atoms with Crippen LogP contribution < -0.4 is 0 Å². The average Bonchev–Trinajstić information content (AvgIpc) is 2.34. The predicted octanol–water partition coefficient (Wildman–Crippen LogP) is 2.37. The van der Waals surface area contributed by atoms with Crippen LogP contribution in [0.4, 0.5) is 0 Å². The summed E-state index contributed by atoms with van der Waals surface area (Å²) in [7, 11) is 0. The number of hydrogen-bond donors (Lipinski definition) is 2. The summed E-state index contributed by atoms with van der Waals surface area (Å²) >= 11 is 10.0. The number of allylic oxidation sites excluding steroid dienone is 1. The minimum atomic E-state index is 0.598. The zero-order chi connectivity index (χ0) is 7.84. The minimum Gasteiger partial charge on any atom is -0.332 e. The molecule has 2 rings (SSSR count). The fraction of sp³-hybridized carbons (Fsp3) is 0.143. The molecule has 0 unspecified atom stereocenters. The highest BCUT2D eigenvalue weighted by Gasteiger charge is 2.05. The molecule has 11 heavy (non-hydrogen) atoms. The van der Waals surface area contributed by atoms with Crippen molar-refractivity contribution < 1.29 is 0 Å². The fourth-order valence-corrected chi connectivity index (χ4v) is 1.74. The molecule has 1 heterocycles. The van der Waals surface area contributed by atoms with Gasteiger partial charge in [-0.05, 0) is 24.7 Å². The Hall–Kier alpha value is -0.740. The Morgan fingerprint density at radius 2 is 2.09 bits per heavy atom. The quantitative estimate of drug-likeness (QED) is 0.604. The van der Waals surface area contributed by atoms with Gasteiger partial charge < -0.3 is 9.97 Å². The molecule has 1 aromatic rings. The first-order valence-corrected chi connectivity index (χ1v) is 4.11. The van der Waals surface area contributed by atoms with Gasteiger partial charge in [0.05, 0.1) is 0 Å². The molecule has 0 radical (unpaired) electrons. The van der Waals surface area contributed by atoms with Crippen molar-refractivity contribution in [3.63, 3.8) is 0 Å². The zero-order valence-corrected chi connectivity index (χ0v) is 7.31. The second-order valence-electron chi connectivity index (χ2n) is 2.41. The first kappa shape index (κ1) is 6.94. The lowest BCUT2D eigenvalue weighted by Gasteiger charge is -1.97. The molecule has 0 fully saturated rings. The second-order valence-corrected chi connectivity index (χ2v) is 3.22. The molecule has 0 spiro atoms. The van der Waals surface area contributed by atoms with Crippen LogP contribution in [-0.4, -0.2) is 9.97 Å². The van der Waals surface area contributed by atoms with E-state index in [2.05, 4.69) is 16.0 Å². The molecule has 1 aromatic heterocycles. The second kappa shape index (κ2) is 2.39. The lowest BCUT2D eigenvalue weighted by atomic mass is 10.2. The van der Waals surface area contributed by atoms with Crippen LogP contribution >= 0.6 is 24.4 Å². The molecular weight excluding hydrogens is 176 g/mol. The van der Waals surface area contributed by atoms with E-state index in [1.807, 2.05) is 6.08 Å². The van der Waals surface area contributed by atoms with Crippen LogP contribution in [-0.2, 0) is 6.42 Å². The van der Waals surface area contributed by atoms with Crippen LogP contribution in [0.15, 0.2) is 6.08 Å². The molecule has 0 aromatic carbocycles. The Bertz CT molecular complexity index is 425. The Labute approximate surface area is 74.0 Å². The van der Waals surface area contributed by atoms with E-state index in [1.54, 1.807) is 0 Å². The van der Waals surface area contributed by atoms with Crippen molar-refractivity contribution in [1.29, 1.82) is 0 Å². The first-order valence-electron chi connectivity index (χ1n) is 3.29. The van der Waals surface area contributed by atoms with Crippen LogP contribution in [0, 0.1) is 9.41 Å². The van der Waals surface area contributed by atoms with E-state index >= 15 is 0 Å². The topological polar surface area (TPSA) is 31.6 Å². The van der Waals surface area contributed by atoms with Crippen molar-refractivity contribution in [1.82, 2.24) is 9.97 Å². The molecule has 4 heteroatoms. The number of H-pyrrole nitrogens is 2. The third-order valence-electron chi connectivity index (χ3n) is 1.68. The first-order chi connectivity index (χ1) is 5.27. The number of aromatic nitrogens is 2. The van der Waals surface area contributed by atoms with Crippen LogP contribution in [0.5, 0.6) is 0 Å². The Morgan fingerprint density at radius 3 is 2.91 bits per heavy atom. The van der Waals surface area contributed by atoms with E-state index in [0.717, 1.165) is 22.3 Å². The summed E-state index contributed by atoms with van der Waals surface area (Å²) in [5.41, 5.74) is 2.20. The largest absolute Gasteiger partial charge is 0.332 e. The van der Waals surface area contributed by atoms with Crippen LogP contribution in [0.1, 0.15) is 11.3 Å². The van der Waals surface area contributed by atoms with Gasteiger partial charge in [-0.2, -0.15) is 0 Å². The number of fused-ring (bicyclic) bond motifs is 1. The van der Waals surface area contributed by atoms with Gasteiger partial charge in [0.25, 0.3) is 0 Å². The van der Waals surface area contributed by atoms with Crippen molar-refractivity contribution in [2.75, 3.05) is 0 Å². The molecule has 0 aliphatic heterocycles. The van der Waals surface area contributed by atoms with Crippen molar-refractivity contribution in [2.45, 2.75) is 6.42 Å². The van der Waals surface area contributed by atoms with E-state index in [4.69, 9.17) is 24.4 Å². The maximum atomic E-state index is 5.08. The van der Waals surface area contributed by atoms with E-state index in [1.165, 1.54) is 0 Å². The summed E-state index contributed by atoms with van der Waals surface area (Å²) in [6, 6.07) is 0. The third kappa shape index (κ3) is 1.08. The Balaban J connectivity index is 2.87. The van der Waals surface area contributed by atoms with Gasteiger partial charge >= 0.3 is 0 Å². The van der Waals surface area contributed by atoms with E-state index in [9.17, 15) is 0 Å². The summed E-state index contributed by atoms with van der Waals surface area (Å²) in [4.78, 5) is 5.94. The summed E-state index contributed by atoms with van der Waals surface area (Å²) in [6.45, 7) is 0. The summed E-state index contributed by atoms with van der Waals surface area (Å²) in [5, 5.41) is 0. The summed E-state index contributed by atoms with van der Waals surface area (Å²) in [5.74, 6) is 0. The third-order valence-corrected chi connectivity index (χ3v) is 2.23. The SMILES string of the molecule is S=c1[nH]c2c(c(=S)[nH]1)CC=C2. The van der Waals surface area contributed by atoms with E-state index in [0.29, 0.717) is 4.77 Å². The molecule has 1 aliphatic rings. The van der Waals surface area contributed by atoms with Gasteiger partial charge in [-0.25, -0.2) is 0 Å². The number of nitrogens with one attached hydrogen (secondary N) is 2. The smallest absolute Gasteiger partial charge is 0.175 e. The van der Waals surface area contributed by atoms with Crippen molar-refractivity contribution in [3.05, 3.63) is 26.7 Å². The van der Waals surface area contributed by atoms with Gasteiger partial charge in [-0.3, -0.25) is 0 Å². The molecule has 0 amide bonds. The molecule has 0 bridgehead atoms. The zero-order valence-electron chi connectivity index (χ0n) is 5.68. The number of rotatable bonds is 0. The summed E-state index contributed by atoms with van der Waals surface area (Å²) in [6.07, 6.45) is 4.99. The Kier molecular flexibility index (Phi) is 1.51. The number of hydrogen-bond acceptors (Lipinski definition) is 2. The van der Waals surface area contributed by atoms with Gasteiger partial charge in [0, 0.05) is 11.3 Å². The average molecular weight is 182 g/mol. The van der Waals surface area contributed by atoms with Gasteiger partial charge in [-0.15, -0.1) is 0 Å². The maximum absolute atomic E-state index is 5.08. The number of aromatic amines is 2. The van der Waals surface area contributed by atoms with Gasteiger partial charge in [0.2, 0.25) is 0 Å². The lowest BCUT2D eigenvalue weighted by molar-refractivity contribution is 1.06. The highest BCUT2D eigenvalue weighted by molar-refractivity contribution is 7.72. The van der Waals surface area contributed by atoms with Crippen molar-refractivity contribution in [3.8, 4) is 0 Å². The molecule has 0 atom stereocenters. The molecule has 0 saturated carbocycles. The van der Waals surface area contributed by atoms with E-state index < -0.39 is 0 Å². The van der Waals surface area contributed by atoms with Gasteiger partial charge in [-0.1, -0.05) is 18.3 Å². The molecule has 0 saturated heterocycles. The molecule has 1 aliphatic carbocycles. The van der Waals surface area contributed by atoms with Gasteiger partial charge in [0.15, 0.2) is 4.77 Å². The van der Waals surface area contributed by atoms with Crippen molar-refractivity contribution in [2.24, 2.45) is 0 Å².